The van der Waals surface area contributed by atoms with E-state index in [4.69, 9.17) is 4.74 Å². The summed E-state index contributed by atoms with van der Waals surface area (Å²) in [5.41, 5.74) is 0.607. The molecule has 0 saturated carbocycles. The van der Waals surface area contributed by atoms with Gasteiger partial charge < -0.3 is 15.0 Å². The van der Waals surface area contributed by atoms with Crippen LogP contribution >= 0.6 is 0 Å². The number of H-pyrrole nitrogens is 1. The molecule has 0 radical (unpaired) electrons. The van der Waals surface area contributed by atoms with Gasteiger partial charge in [0.05, 0.1) is 13.2 Å². The highest BCUT2D eigenvalue weighted by Crippen LogP contribution is 2.12. The van der Waals surface area contributed by atoms with Gasteiger partial charge in [0.1, 0.15) is 11.6 Å². The van der Waals surface area contributed by atoms with Crippen molar-refractivity contribution in [1.82, 2.24) is 15.3 Å². The summed E-state index contributed by atoms with van der Waals surface area (Å²) < 4.78 is 5.46. The van der Waals surface area contributed by atoms with E-state index < -0.39 is 0 Å². The summed E-state index contributed by atoms with van der Waals surface area (Å²) >= 11 is 0. The third kappa shape index (κ3) is 3.84. The molecule has 5 heteroatoms. The molecule has 5 nitrogen and oxygen atoms in total. The molecular formula is C14H17N3O2. The smallest absolute Gasteiger partial charge is 0.251 e. The van der Waals surface area contributed by atoms with E-state index in [1.54, 1.807) is 36.7 Å². The average molecular weight is 259 g/mol. The van der Waals surface area contributed by atoms with Gasteiger partial charge in [-0.15, -0.1) is 0 Å². The van der Waals surface area contributed by atoms with Crippen LogP contribution in [-0.2, 0) is 6.54 Å². The van der Waals surface area contributed by atoms with E-state index in [1.165, 1.54) is 0 Å². The largest absolute Gasteiger partial charge is 0.494 e. The van der Waals surface area contributed by atoms with Crippen LogP contribution in [-0.4, -0.2) is 22.5 Å². The van der Waals surface area contributed by atoms with Crippen molar-refractivity contribution in [3.8, 4) is 5.75 Å². The molecule has 0 bridgehead atoms. The number of carbonyl (C=O) groups excluding carboxylic acids is 1. The molecule has 1 heterocycles. The predicted octanol–water partition coefficient (Wildman–Crippen LogP) is 2.13. The van der Waals surface area contributed by atoms with Gasteiger partial charge in [0.15, 0.2) is 0 Å². The van der Waals surface area contributed by atoms with E-state index in [1.807, 2.05) is 0 Å². The number of aromatic nitrogens is 2. The van der Waals surface area contributed by atoms with Crippen molar-refractivity contribution >= 4 is 5.91 Å². The van der Waals surface area contributed by atoms with Gasteiger partial charge in [0.25, 0.3) is 5.91 Å². The lowest BCUT2D eigenvalue weighted by atomic mass is 10.2. The first kappa shape index (κ1) is 13.1. The van der Waals surface area contributed by atoms with Gasteiger partial charge in [0.2, 0.25) is 0 Å². The van der Waals surface area contributed by atoms with Crippen LogP contribution < -0.4 is 10.1 Å². The van der Waals surface area contributed by atoms with E-state index >= 15 is 0 Å². The Bertz CT molecular complexity index is 506. The van der Waals surface area contributed by atoms with Crippen LogP contribution in [0.5, 0.6) is 5.75 Å². The highest BCUT2D eigenvalue weighted by molar-refractivity contribution is 5.94. The first-order valence-corrected chi connectivity index (χ1v) is 6.29. The Balaban J connectivity index is 1.88. The monoisotopic (exact) mass is 259 g/mol. The lowest BCUT2D eigenvalue weighted by molar-refractivity contribution is 0.0950. The van der Waals surface area contributed by atoms with E-state index in [0.29, 0.717) is 18.7 Å². The minimum Gasteiger partial charge on any atom is -0.494 e. The van der Waals surface area contributed by atoms with Gasteiger partial charge in [-0.1, -0.05) is 6.92 Å². The standard InChI is InChI=1S/C14H17N3O2/c1-2-9-19-12-5-3-11(4-6-12)14(18)17-10-13-15-7-8-16-13/h3-8H,2,9-10H2,1H3,(H,15,16)(H,17,18). The quantitative estimate of drug-likeness (QED) is 0.835. The maximum absolute atomic E-state index is 11.9. The molecule has 0 spiro atoms. The molecule has 2 rings (SSSR count). The van der Waals surface area contributed by atoms with Crippen molar-refractivity contribution in [1.29, 1.82) is 0 Å². The molecule has 0 aliphatic rings. The van der Waals surface area contributed by atoms with Crippen molar-refractivity contribution in [3.05, 3.63) is 48.0 Å². The Morgan fingerprint density at radius 3 is 2.79 bits per heavy atom. The summed E-state index contributed by atoms with van der Waals surface area (Å²) in [7, 11) is 0. The van der Waals surface area contributed by atoms with Crippen LogP contribution in [0.2, 0.25) is 0 Å². The molecule has 0 fully saturated rings. The molecule has 0 aliphatic carbocycles. The number of amides is 1. The number of nitrogens with one attached hydrogen (secondary N) is 2. The lowest BCUT2D eigenvalue weighted by Gasteiger charge is -2.06. The highest BCUT2D eigenvalue weighted by Gasteiger charge is 2.06. The summed E-state index contributed by atoms with van der Waals surface area (Å²) in [6.07, 6.45) is 4.34. The van der Waals surface area contributed by atoms with Gasteiger partial charge in [-0.3, -0.25) is 4.79 Å². The topological polar surface area (TPSA) is 67.0 Å². The molecule has 2 aromatic rings. The number of carbonyl (C=O) groups is 1. The van der Waals surface area contributed by atoms with E-state index in [0.717, 1.165) is 18.0 Å². The Labute approximate surface area is 112 Å². The van der Waals surface area contributed by atoms with Crippen molar-refractivity contribution in [2.45, 2.75) is 19.9 Å². The molecule has 1 aromatic carbocycles. The number of hydrogen-bond donors (Lipinski definition) is 2. The number of rotatable bonds is 6. The Kier molecular flexibility index (Phi) is 4.55. The molecule has 0 saturated heterocycles. The van der Waals surface area contributed by atoms with Crippen LogP contribution in [0.4, 0.5) is 0 Å². The molecule has 0 aliphatic heterocycles. The second kappa shape index (κ2) is 6.58. The molecule has 100 valence electrons. The van der Waals surface area contributed by atoms with Crippen LogP contribution in [0.3, 0.4) is 0 Å². The summed E-state index contributed by atoms with van der Waals surface area (Å²) in [4.78, 5) is 18.8. The zero-order chi connectivity index (χ0) is 13.5. The average Bonchev–Trinajstić information content (AvgIpc) is 2.96. The van der Waals surface area contributed by atoms with Crippen LogP contribution in [0.25, 0.3) is 0 Å². The summed E-state index contributed by atoms with van der Waals surface area (Å²) in [5, 5.41) is 2.79. The SMILES string of the molecule is CCCOc1ccc(C(=O)NCc2ncc[nH]2)cc1. The molecular weight excluding hydrogens is 242 g/mol. The van der Waals surface area contributed by atoms with E-state index in [2.05, 4.69) is 22.2 Å². The molecule has 19 heavy (non-hydrogen) atoms. The van der Waals surface area contributed by atoms with E-state index in [9.17, 15) is 4.79 Å². The number of nitrogens with zero attached hydrogens (tertiary/aromatic N) is 1. The number of ether oxygens (including phenoxy) is 1. The Hall–Kier alpha value is -2.30. The fourth-order valence-electron chi connectivity index (χ4n) is 1.58. The maximum atomic E-state index is 11.9. The third-order valence-corrected chi connectivity index (χ3v) is 2.56. The number of hydrogen-bond acceptors (Lipinski definition) is 3. The first-order valence-electron chi connectivity index (χ1n) is 6.29. The van der Waals surface area contributed by atoms with E-state index in [-0.39, 0.29) is 5.91 Å². The minimum atomic E-state index is -0.126. The van der Waals surface area contributed by atoms with Gasteiger partial charge in [0, 0.05) is 18.0 Å². The van der Waals surface area contributed by atoms with Crippen molar-refractivity contribution in [2.75, 3.05) is 6.61 Å². The lowest BCUT2D eigenvalue weighted by Crippen LogP contribution is -2.23. The van der Waals surface area contributed by atoms with Crippen LogP contribution in [0, 0.1) is 0 Å². The molecule has 0 atom stereocenters. The molecule has 0 unspecified atom stereocenters. The van der Waals surface area contributed by atoms with Crippen molar-refractivity contribution < 1.29 is 9.53 Å². The minimum absolute atomic E-state index is 0.126. The number of aromatic amines is 1. The van der Waals surface area contributed by atoms with Gasteiger partial charge in [-0.25, -0.2) is 4.98 Å². The summed E-state index contributed by atoms with van der Waals surface area (Å²) in [6.45, 7) is 3.13. The fraction of sp³-hybridized carbons (Fsp3) is 0.286. The van der Waals surface area contributed by atoms with Gasteiger partial charge in [-0.05, 0) is 30.7 Å². The Morgan fingerprint density at radius 2 is 2.16 bits per heavy atom. The second-order valence-corrected chi connectivity index (χ2v) is 4.09. The summed E-state index contributed by atoms with van der Waals surface area (Å²) in [6, 6.07) is 7.11. The zero-order valence-corrected chi connectivity index (χ0v) is 10.8. The Morgan fingerprint density at radius 1 is 1.37 bits per heavy atom. The second-order valence-electron chi connectivity index (χ2n) is 4.09. The zero-order valence-electron chi connectivity index (χ0n) is 10.8. The highest BCUT2D eigenvalue weighted by atomic mass is 16.5. The van der Waals surface area contributed by atoms with Gasteiger partial charge in [-0.2, -0.15) is 0 Å². The van der Waals surface area contributed by atoms with Crippen molar-refractivity contribution in [3.63, 3.8) is 0 Å². The van der Waals surface area contributed by atoms with Crippen LogP contribution in [0.15, 0.2) is 36.7 Å². The first-order chi connectivity index (χ1) is 9.29. The number of imidazole rings is 1. The van der Waals surface area contributed by atoms with Gasteiger partial charge >= 0.3 is 0 Å². The summed E-state index contributed by atoms with van der Waals surface area (Å²) in [5.74, 6) is 1.39. The third-order valence-electron chi connectivity index (χ3n) is 2.56. The maximum Gasteiger partial charge on any atom is 0.251 e. The molecule has 1 amide bonds. The fourth-order valence-corrected chi connectivity index (χ4v) is 1.58. The normalized spacial score (nSPS) is 10.2. The molecule has 2 N–H and O–H groups in total. The predicted molar refractivity (Wildman–Crippen MR) is 72.0 cm³/mol. The molecule has 1 aromatic heterocycles. The van der Waals surface area contributed by atoms with Crippen LogP contribution in [0.1, 0.15) is 29.5 Å². The van der Waals surface area contributed by atoms with Crippen molar-refractivity contribution in [2.24, 2.45) is 0 Å². The number of benzene rings is 1.